The average Bonchev–Trinajstić information content (AvgIpc) is 2.92. The molecule has 6 heteroatoms. The Balaban J connectivity index is 2.06. The third kappa shape index (κ3) is 3.77. The highest BCUT2D eigenvalue weighted by Gasteiger charge is 2.24. The molecule has 1 fully saturated rings. The molecule has 0 aliphatic heterocycles. The van der Waals surface area contributed by atoms with Crippen LogP contribution < -0.4 is 0 Å². The fourth-order valence-corrected chi connectivity index (χ4v) is 2.71. The van der Waals surface area contributed by atoms with Crippen molar-refractivity contribution < 1.29 is 14.8 Å². The smallest absolute Gasteiger partial charge is 0.317 e. The molecule has 20 heavy (non-hydrogen) atoms. The SMILES string of the molecule is O=C(O)CN(Cc1ccc([N+](=O)[O-])cc1)C1CCCC1. The van der Waals surface area contributed by atoms with Crippen molar-refractivity contribution in [2.24, 2.45) is 0 Å². The van der Waals surface area contributed by atoms with Gasteiger partial charge in [0.05, 0.1) is 11.5 Å². The molecule has 2 rings (SSSR count). The molecular weight excluding hydrogens is 260 g/mol. The van der Waals surface area contributed by atoms with E-state index in [0.29, 0.717) is 12.6 Å². The first-order valence-electron chi connectivity index (χ1n) is 6.75. The number of carbonyl (C=O) groups is 1. The fourth-order valence-electron chi connectivity index (χ4n) is 2.71. The van der Waals surface area contributed by atoms with E-state index in [4.69, 9.17) is 5.11 Å². The van der Waals surface area contributed by atoms with Gasteiger partial charge in [-0.25, -0.2) is 0 Å². The molecule has 0 radical (unpaired) electrons. The molecule has 1 aromatic rings. The first-order valence-corrected chi connectivity index (χ1v) is 6.75. The van der Waals surface area contributed by atoms with Crippen molar-refractivity contribution in [1.82, 2.24) is 4.90 Å². The predicted molar refractivity (Wildman–Crippen MR) is 73.4 cm³/mol. The lowest BCUT2D eigenvalue weighted by Crippen LogP contribution is -2.37. The van der Waals surface area contributed by atoms with Gasteiger partial charge in [-0.05, 0) is 18.4 Å². The lowest BCUT2D eigenvalue weighted by Gasteiger charge is -2.27. The van der Waals surface area contributed by atoms with Crippen LogP contribution in [0.25, 0.3) is 0 Å². The summed E-state index contributed by atoms with van der Waals surface area (Å²) in [5, 5.41) is 19.6. The van der Waals surface area contributed by atoms with Crippen molar-refractivity contribution in [3.63, 3.8) is 0 Å². The number of hydrogen-bond acceptors (Lipinski definition) is 4. The minimum absolute atomic E-state index is 0.0155. The Hall–Kier alpha value is -1.95. The second-order valence-corrected chi connectivity index (χ2v) is 5.16. The highest BCUT2D eigenvalue weighted by atomic mass is 16.6. The Morgan fingerprint density at radius 3 is 2.40 bits per heavy atom. The molecule has 0 saturated heterocycles. The van der Waals surface area contributed by atoms with E-state index in [2.05, 4.69) is 0 Å². The summed E-state index contributed by atoms with van der Waals surface area (Å²) in [5.74, 6) is -0.834. The third-order valence-electron chi connectivity index (χ3n) is 3.71. The topological polar surface area (TPSA) is 83.7 Å². The number of aliphatic carboxylic acids is 1. The number of carboxylic acids is 1. The second-order valence-electron chi connectivity index (χ2n) is 5.16. The molecule has 0 heterocycles. The van der Waals surface area contributed by atoms with Gasteiger partial charge in [0.25, 0.3) is 5.69 Å². The van der Waals surface area contributed by atoms with Gasteiger partial charge in [-0.2, -0.15) is 0 Å². The second kappa shape index (κ2) is 6.47. The van der Waals surface area contributed by atoms with Gasteiger partial charge in [0.1, 0.15) is 0 Å². The van der Waals surface area contributed by atoms with Gasteiger partial charge in [0.2, 0.25) is 0 Å². The summed E-state index contributed by atoms with van der Waals surface area (Å²) < 4.78 is 0. The zero-order valence-electron chi connectivity index (χ0n) is 11.2. The van der Waals surface area contributed by atoms with Crippen LogP contribution in [0, 0.1) is 10.1 Å². The summed E-state index contributed by atoms with van der Waals surface area (Å²) in [5.41, 5.74) is 0.961. The van der Waals surface area contributed by atoms with Crippen LogP contribution in [0.4, 0.5) is 5.69 Å². The molecule has 0 aromatic heterocycles. The lowest BCUT2D eigenvalue weighted by atomic mass is 10.1. The van der Waals surface area contributed by atoms with Crippen LogP contribution in [0.15, 0.2) is 24.3 Å². The Kier molecular flexibility index (Phi) is 4.68. The van der Waals surface area contributed by atoms with Crippen molar-refractivity contribution in [3.8, 4) is 0 Å². The van der Waals surface area contributed by atoms with E-state index >= 15 is 0 Å². The Labute approximate surface area is 117 Å². The Bertz CT molecular complexity index is 480. The molecule has 1 N–H and O–H groups in total. The molecule has 1 aliphatic rings. The van der Waals surface area contributed by atoms with Crippen molar-refractivity contribution in [2.45, 2.75) is 38.3 Å². The van der Waals surface area contributed by atoms with Crippen molar-refractivity contribution in [3.05, 3.63) is 39.9 Å². The maximum absolute atomic E-state index is 11.0. The van der Waals surface area contributed by atoms with Crippen LogP contribution in [0.2, 0.25) is 0 Å². The molecule has 1 saturated carbocycles. The highest BCUT2D eigenvalue weighted by molar-refractivity contribution is 5.69. The van der Waals surface area contributed by atoms with E-state index in [9.17, 15) is 14.9 Å². The number of hydrogen-bond donors (Lipinski definition) is 1. The van der Waals surface area contributed by atoms with Gasteiger partial charge >= 0.3 is 5.97 Å². The molecule has 1 aliphatic carbocycles. The van der Waals surface area contributed by atoms with Crippen molar-refractivity contribution in [2.75, 3.05) is 6.54 Å². The van der Waals surface area contributed by atoms with Gasteiger partial charge in [-0.15, -0.1) is 0 Å². The van der Waals surface area contributed by atoms with Crippen molar-refractivity contribution in [1.29, 1.82) is 0 Å². The normalized spacial score (nSPS) is 15.7. The predicted octanol–water partition coefficient (Wildman–Crippen LogP) is 2.42. The summed E-state index contributed by atoms with van der Waals surface area (Å²) in [7, 11) is 0. The lowest BCUT2D eigenvalue weighted by molar-refractivity contribution is -0.384. The Morgan fingerprint density at radius 2 is 1.90 bits per heavy atom. The number of rotatable bonds is 6. The third-order valence-corrected chi connectivity index (χ3v) is 3.71. The zero-order valence-corrected chi connectivity index (χ0v) is 11.2. The first kappa shape index (κ1) is 14.5. The molecule has 0 spiro atoms. The molecule has 0 atom stereocenters. The van der Waals surface area contributed by atoms with Crippen LogP contribution in [-0.4, -0.2) is 33.5 Å². The largest absolute Gasteiger partial charge is 0.480 e. The molecule has 6 nitrogen and oxygen atoms in total. The summed E-state index contributed by atoms with van der Waals surface area (Å²) in [6.07, 6.45) is 4.34. The van der Waals surface area contributed by atoms with Crippen molar-refractivity contribution >= 4 is 11.7 Å². The standard InChI is InChI=1S/C14H18N2O4/c17-14(18)10-15(12-3-1-2-4-12)9-11-5-7-13(8-6-11)16(19)20/h5-8,12H,1-4,9-10H2,(H,17,18). The van der Waals surface area contributed by atoms with Crippen LogP contribution in [0.1, 0.15) is 31.2 Å². The summed E-state index contributed by atoms with van der Waals surface area (Å²) in [6.45, 7) is 0.538. The van der Waals surface area contributed by atoms with Crippen LogP contribution in [-0.2, 0) is 11.3 Å². The molecule has 0 unspecified atom stereocenters. The van der Waals surface area contributed by atoms with Gasteiger partial charge < -0.3 is 5.11 Å². The number of benzene rings is 1. The van der Waals surface area contributed by atoms with E-state index in [1.165, 1.54) is 12.1 Å². The summed E-state index contributed by atoms with van der Waals surface area (Å²) >= 11 is 0. The maximum atomic E-state index is 11.0. The maximum Gasteiger partial charge on any atom is 0.317 e. The first-order chi connectivity index (χ1) is 9.56. The van der Waals surface area contributed by atoms with E-state index in [1.54, 1.807) is 12.1 Å². The minimum Gasteiger partial charge on any atom is -0.480 e. The molecule has 108 valence electrons. The average molecular weight is 278 g/mol. The molecule has 0 bridgehead atoms. The van der Waals surface area contributed by atoms with Gasteiger partial charge in [-0.3, -0.25) is 19.8 Å². The monoisotopic (exact) mass is 278 g/mol. The van der Waals surface area contributed by atoms with Gasteiger partial charge in [0, 0.05) is 24.7 Å². The van der Waals surface area contributed by atoms with Crippen LogP contribution >= 0.6 is 0 Å². The fraction of sp³-hybridized carbons (Fsp3) is 0.500. The number of carboxylic acid groups (broad SMARTS) is 1. The van der Waals surface area contributed by atoms with Gasteiger partial charge in [-0.1, -0.05) is 25.0 Å². The zero-order chi connectivity index (χ0) is 14.5. The van der Waals surface area contributed by atoms with E-state index in [-0.39, 0.29) is 12.2 Å². The van der Waals surface area contributed by atoms with Crippen LogP contribution in [0.5, 0.6) is 0 Å². The minimum atomic E-state index is -0.834. The number of nitrogens with zero attached hydrogens (tertiary/aromatic N) is 2. The summed E-state index contributed by atoms with van der Waals surface area (Å²) in [4.78, 5) is 23.1. The quantitative estimate of drug-likeness (QED) is 0.638. The summed E-state index contributed by atoms with van der Waals surface area (Å²) in [6, 6.07) is 6.62. The molecule has 1 aromatic carbocycles. The van der Waals surface area contributed by atoms with Crippen LogP contribution in [0.3, 0.4) is 0 Å². The molecular formula is C14H18N2O4. The molecule has 0 amide bonds. The highest BCUT2D eigenvalue weighted by Crippen LogP contribution is 2.25. The Morgan fingerprint density at radius 1 is 1.30 bits per heavy atom. The van der Waals surface area contributed by atoms with E-state index in [0.717, 1.165) is 31.2 Å². The van der Waals surface area contributed by atoms with E-state index < -0.39 is 10.9 Å². The number of nitro groups is 1. The van der Waals surface area contributed by atoms with Gasteiger partial charge in [0.15, 0.2) is 0 Å². The number of non-ortho nitro benzene ring substituents is 1. The van der Waals surface area contributed by atoms with E-state index in [1.807, 2.05) is 4.90 Å². The number of nitro benzene ring substituents is 1.